The smallest absolute Gasteiger partial charge is 0.255 e. The summed E-state index contributed by atoms with van der Waals surface area (Å²) in [5, 5.41) is 2.81. The summed E-state index contributed by atoms with van der Waals surface area (Å²) in [4.78, 5) is 26.4. The highest BCUT2D eigenvalue weighted by molar-refractivity contribution is 6.05. The Morgan fingerprint density at radius 3 is 2.28 bits per heavy atom. The van der Waals surface area contributed by atoms with Gasteiger partial charge in [-0.2, -0.15) is 0 Å². The first-order valence-corrected chi connectivity index (χ1v) is 8.22. The van der Waals surface area contributed by atoms with Gasteiger partial charge in [-0.25, -0.2) is 0 Å². The molecule has 1 N–H and O–H groups in total. The summed E-state index contributed by atoms with van der Waals surface area (Å²) in [5.74, 6) is 0.934. The van der Waals surface area contributed by atoms with E-state index in [0.717, 1.165) is 0 Å². The van der Waals surface area contributed by atoms with Crippen LogP contribution in [0.25, 0.3) is 0 Å². The van der Waals surface area contributed by atoms with E-state index in [1.165, 1.54) is 0 Å². The van der Waals surface area contributed by atoms with Gasteiger partial charge in [0.2, 0.25) is 6.79 Å². The van der Waals surface area contributed by atoms with Gasteiger partial charge in [0.05, 0.1) is 0 Å². The molecule has 130 valence electrons. The van der Waals surface area contributed by atoms with E-state index in [2.05, 4.69) is 5.32 Å². The molecule has 0 saturated heterocycles. The number of amides is 2. The van der Waals surface area contributed by atoms with Crippen molar-refractivity contribution >= 4 is 17.5 Å². The molecule has 0 fully saturated rings. The third-order valence-corrected chi connectivity index (χ3v) is 4.08. The van der Waals surface area contributed by atoms with E-state index in [1.807, 2.05) is 13.8 Å². The Morgan fingerprint density at radius 1 is 0.960 bits per heavy atom. The fourth-order valence-electron chi connectivity index (χ4n) is 2.63. The summed E-state index contributed by atoms with van der Waals surface area (Å²) >= 11 is 0. The summed E-state index contributed by atoms with van der Waals surface area (Å²) < 4.78 is 10.5. The molecule has 0 unspecified atom stereocenters. The van der Waals surface area contributed by atoms with Gasteiger partial charge in [0.1, 0.15) is 0 Å². The normalized spacial score (nSPS) is 11.9. The van der Waals surface area contributed by atoms with E-state index >= 15 is 0 Å². The quantitative estimate of drug-likeness (QED) is 0.908. The van der Waals surface area contributed by atoms with Gasteiger partial charge >= 0.3 is 0 Å². The first-order valence-electron chi connectivity index (χ1n) is 8.22. The summed E-state index contributed by atoms with van der Waals surface area (Å²) in [7, 11) is 0. The maximum atomic E-state index is 12.4. The van der Waals surface area contributed by atoms with Crippen molar-refractivity contribution in [1.82, 2.24) is 4.90 Å². The van der Waals surface area contributed by atoms with Gasteiger partial charge in [0, 0.05) is 29.9 Å². The Morgan fingerprint density at radius 2 is 1.60 bits per heavy atom. The molecule has 0 spiro atoms. The minimum atomic E-state index is -0.249. The van der Waals surface area contributed by atoms with Gasteiger partial charge in [-0.1, -0.05) is 0 Å². The second-order valence-electron chi connectivity index (χ2n) is 5.58. The Labute approximate surface area is 146 Å². The summed E-state index contributed by atoms with van der Waals surface area (Å²) in [6.45, 7) is 5.39. The second kappa shape index (κ2) is 7.25. The number of rotatable bonds is 5. The van der Waals surface area contributed by atoms with Gasteiger partial charge in [0.25, 0.3) is 11.8 Å². The van der Waals surface area contributed by atoms with Crippen molar-refractivity contribution in [3.63, 3.8) is 0 Å². The minimum Gasteiger partial charge on any atom is -0.454 e. The van der Waals surface area contributed by atoms with E-state index < -0.39 is 0 Å². The number of hydrogen-bond acceptors (Lipinski definition) is 4. The van der Waals surface area contributed by atoms with Crippen molar-refractivity contribution in [2.75, 3.05) is 25.2 Å². The van der Waals surface area contributed by atoms with Crippen LogP contribution in [-0.4, -0.2) is 36.6 Å². The molecular formula is C19H20N2O4. The maximum Gasteiger partial charge on any atom is 0.255 e. The molecule has 0 aromatic heterocycles. The molecule has 0 atom stereocenters. The molecule has 0 saturated carbocycles. The highest BCUT2D eigenvalue weighted by Crippen LogP contribution is 2.32. The van der Waals surface area contributed by atoms with E-state index in [0.29, 0.717) is 41.4 Å². The topological polar surface area (TPSA) is 67.9 Å². The van der Waals surface area contributed by atoms with E-state index in [9.17, 15) is 9.59 Å². The van der Waals surface area contributed by atoms with E-state index in [1.54, 1.807) is 47.4 Å². The third-order valence-electron chi connectivity index (χ3n) is 4.08. The molecule has 0 radical (unpaired) electrons. The Bertz CT molecular complexity index is 783. The van der Waals surface area contributed by atoms with E-state index in [4.69, 9.17) is 9.47 Å². The van der Waals surface area contributed by atoms with Crippen LogP contribution in [0.2, 0.25) is 0 Å². The van der Waals surface area contributed by atoms with Crippen molar-refractivity contribution in [2.45, 2.75) is 13.8 Å². The lowest BCUT2D eigenvalue weighted by Crippen LogP contribution is -2.30. The fourth-order valence-corrected chi connectivity index (χ4v) is 2.63. The predicted octanol–water partition coefficient (Wildman–Crippen LogP) is 3.15. The van der Waals surface area contributed by atoms with Crippen molar-refractivity contribution in [3.05, 3.63) is 53.6 Å². The molecule has 0 bridgehead atoms. The Kier molecular flexibility index (Phi) is 4.88. The van der Waals surface area contributed by atoms with Crippen molar-refractivity contribution in [3.8, 4) is 11.5 Å². The number of nitrogens with zero attached hydrogens (tertiary/aromatic N) is 1. The van der Waals surface area contributed by atoms with Crippen LogP contribution in [0.4, 0.5) is 5.69 Å². The lowest BCUT2D eigenvalue weighted by atomic mass is 10.1. The van der Waals surface area contributed by atoms with Gasteiger partial charge in [-0.3, -0.25) is 9.59 Å². The van der Waals surface area contributed by atoms with Gasteiger partial charge in [-0.15, -0.1) is 0 Å². The lowest BCUT2D eigenvalue weighted by molar-refractivity contribution is 0.0773. The molecule has 2 amide bonds. The van der Waals surface area contributed by atoms with Crippen LogP contribution >= 0.6 is 0 Å². The minimum absolute atomic E-state index is 0.0151. The Hall–Kier alpha value is -3.02. The molecule has 1 aliphatic rings. The monoisotopic (exact) mass is 340 g/mol. The van der Waals surface area contributed by atoms with Crippen LogP contribution in [0.1, 0.15) is 34.6 Å². The predicted molar refractivity (Wildman–Crippen MR) is 94.2 cm³/mol. The molecule has 3 rings (SSSR count). The molecule has 1 heterocycles. The zero-order valence-electron chi connectivity index (χ0n) is 14.2. The van der Waals surface area contributed by atoms with E-state index in [-0.39, 0.29) is 18.6 Å². The molecule has 1 aliphatic heterocycles. The average Bonchev–Trinajstić information content (AvgIpc) is 3.11. The van der Waals surface area contributed by atoms with Crippen molar-refractivity contribution in [1.29, 1.82) is 0 Å². The zero-order chi connectivity index (χ0) is 17.8. The summed E-state index contributed by atoms with van der Waals surface area (Å²) in [5.41, 5.74) is 1.70. The molecule has 2 aromatic carbocycles. The highest BCUT2D eigenvalue weighted by Gasteiger charge is 2.17. The van der Waals surface area contributed by atoms with Crippen LogP contribution in [0.5, 0.6) is 11.5 Å². The first-order chi connectivity index (χ1) is 12.1. The molecule has 25 heavy (non-hydrogen) atoms. The van der Waals surface area contributed by atoms with Gasteiger partial charge < -0.3 is 19.7 Å². The zero-order valence-corrected chi connectivity index (χ0v) is 14.2. The van der Waals surface area contributed by atoms with Crippen LogP contribution in [0.3, 0.4) is 0 Å². The van der Waals surface area contributed by atoms with Crippen LogP contribution in [0.15, 0.2) is 42.5 Å². The molecule has 6 nitrogen and oxygen atoms in total. The lowest BCUT2D eigenvalue weighted by Gasteiger charge is -2.18. The largest absolute Gasteiger partial charge is 0.454 e. The standard InChI is InChI=1S/C19H20N2O4/c1-3-21(4-2)19(23)13-5-8-15(9-6-13)20-18(22)14-7-10-16-17(11-14)25-12-24-16/h5-11H,3-4,12H2,1-2H3,(H,20,22). The number of hydrogen-bond donors (Lipinski definition) is 1. The summed E-state index contributed by atoms with van der Waals surface area (Å²) in [6, 6.07) is 11.9. The molecule has 6 heteroatoms. The van der Waals surface area contributed by atoms with Crippen molar-refractivity contribution < 1.29 is 19.1 Å². The number of nitrogens with one attached hydrogen (secondary N) is 1. The number of carbonyl (C=O) groups excluding carboxylic acids is 2. The second-order valence-corrected chi connectivity index (χ2v) is 5.58. The fraction of sp³-hybridized carbons (Fsp3) is 0.263. The van der Waals surface area contributed by atoms with Crippen molar-refractivity contribution in [2.24, 2.45) is 0 Å². The van der Waals surface area contributed by atoms with Crippen LogP contribution < -0.4 is 14.8 Å². The Balaban J connectivity index is 1.69. The third kappa shape index (κ3) is 3.57. The molecular weight excluding hydrogens is 320 g/mol. The highest BCUT2D eigenvalue weighted by atomic mass is 16.7. The maximum absolute atomic E-state index is 12.4. The van der Waals surface area contributed by atoms with Gasteiger partial charge in [-0.05, 0) is 56.3 Å². The first kappa shape index (κ1) is 16.8. The number of carbonyl (C=O) groups is 2. The molecule has 0 aliphatic carbocycles. The van der Waals surface area contributed by atoms with Gasteiger partial charge in [0.15, 0.2) is 11.5 Å². The number of benzene rings is 2. The number of ether oxygens (including phenoxy) is 2. The summed E-state index contributed by atoms with van der Waals surface area (Å²) in [6.07, 6.45) is 0. The van der Waals surface area contributed by atoms with Crippen LogP contribution in [0, 0.1) is 0 Å². The number of fused-ring (bicyclic) bond motifs is 1. The average molecular weight is 340 g/mol. The van der Waals surface area contributed by atoms with Crippen LogP contribution in [-0.2, 0) is 0 Å². The number of anilines is 1. The molecule has 2 aromatic rings. The SMILES string of the molecule is CCN(CC)C(=O)c1ccc(NC(=O)c2ccc3c(c2)OCO3)cc1.